The van der Waals surface area contributed by atoms with Gasteiger partial charge in [0.05, 0.1) is 5.39 Å². The Kier molecular flexibility index (Phi) is 5.65. The Morgan fingerprint density at radius 1 is 0.933 bits per heavy atom. The molecule has 0 amide bonds. The summed E-state index contributed by atoms with van der Waals surface area (Å²) in [5, 5.41) is 4.83. The monoisotopic (exact) mass is 475 g/mol. The maximum Gasteiger partial charge on any atom is 0.155 e. The molecule has 0 atom stereocenters. The van der Waals surface area contributed by atoms with E-state index < -0.39 is 0 Å². The fraction of sp³-hybridized carbons (Fsp3) is 0.200. The van der Waals surface area contributed by atoms with E-state index in [-0.39, 0.29) is 0 Å². The molecular formula is C25H22BrN3S. The molecule has 5 rings (SSSR count). The molecule has 150 valence electrons. The summed E-state index contributed by atoms with van der Waals surface area (Å²) in [5.74, 6) is 1.71. The zero-order chi connectivity index (χ0) is 20.3. The third-order valence-corrected chi connectivity index (χ3v) is 7.14. The van der Waals surface area contributed by atoms with Crippen LogP contribution in [0.5, 0.6) is 0 Å². The van der Waals surface area contributed by atoms with Gasteiger partial charge < -0.3 is 5.32 Å². The van der Waals surface area contributed by atoms with Crippen LogP contribution < -0.4 is 5.32 Å². The third-order valence-electron chi connectivity index (χ3n) is 5.43. The van der Waals surface area contributed by atoms with Crippen LogP contribution in [0.3, 0.4) is 0 Å². The molecule has 2 aromatic carbocycles. The number of aromatic nitrogens is 2. The smallest absolute Gasteiger partial charge is 0.155 e. The highest BCUT2D eigenvalue weighted by atomic mass is 79.9. The van der Waals surface area contributed by atoms with Crippen LogP contribution in [-0.4, -0.2) is 9.97 Å². The minimum Gasteiger partial charge on any atom is -0.365 e. The van der Waals surface area contributed by atoms with Gasteiger partial charge in [-0.1, -0.05) is 64.5 Å². The van der Waals surface area contributed by atoms with E-state index in [0.29, 0.717) is 0 Å². The topological polar surface area (TPSA) is 37.8 Å². The summed E-state index contributed by atoms with van der Waals surface area (Å²) in [6.45, 7) is 0.757. The quantitative estimate of drug-likeness (QED) is 0.333. The summed E-state index contributed by atoms with van der Waals surface area (Å²) in [7, 11) is 0. The average Bonchev–Trinajstić information content (AvgIpc) is 3.16. The second-order valence-corrected chi connectivity index (χ2v) is 9.54. The first-order valence-corrected chi connectivity index (χ1v) is 11.9. The lowest BCUT2D eigenvalue weighted by molar-refractivity contribution is 0.700. The van der Waals surface area contributed by atoms with Gasteiger partial charge in [-0.15, -0.1) is 11.3 Å². The van der Waals surface area contributed by atoms with E-state index in [1.54, 1.807) is 0 Å². The zero-order valence-electron chi connectivity index (χ0n) is 16.6. The fourth-order valence-corrected chi connectivity index (χ4v) is 5.44. The summed E-state index contributed by atoms with van der Waals surface area (Å²) in [4.78, 5) is 12.4. The number of thiophene rings is 1. The Labute approximate surface area is 189 Å². The molecule has 0 spiro atoms. The van der Waals surface area contributed by atoms with Crippen LogP contribution in [0.25, 0.3) is 22.4 Å². The SMILES string of the molecule is Brc1ccc(C=Cc2nc(NCc3ccccc3)c3c4c(sc3n2)CCCC4)cc1. The molecule has 0 unspecified atom stereocenters. The second-order valence-electron chi connectivity index (χ2n) is 7.55. The number of fused-ring (bicyclic) bond motifs is 3. The number of anilines is 1. The number of aryl methyl sites for hydroxylation is 2. The predicted molar refractivity (Wildman–Crippen MR) is 131 cm³/mol. The molecule has 0 saturated carbocycles. The van der Waals surface area contributed by atoms with E-state index in [0.717, 1.165) is 39.5 Å². The molecule has 0 fully saturated rings. The first-order valence-electron chi connectivity index (χ1n) is 10.3. The van der Waals surface area contributed by atoms with Crippen LogP contribution in [-0.2, 0) is 19.4 Å². The molecular weight excluding hydrogens is 454 g/mol. The van der Waals surface area contributed by atoms with E-state index in [1.807, 2.05) is 35.6 Å². The third kappa shape index (κ3) is 4.18. The van der Waals surface area contributed by atoms with Gasteiger partial charge in [-0.25, -0.2) is 9.97 Å². The van der Waals surface area contributed by atoms with Crippen molar-refractivity contribution in [3.05, 3.63) is 86.5 Å². The largest absolute Gasteiger partial charge is 0.365 e. The number of rotatable bonds is 5. The van der Waals surface area contributed by atoms with Crippen LogP contribution >= 0.6 is 27.3 Å². The molecule has 30 heavy (non-hydrogen) atoms. The maximum absolute atomic E-state index is 4.92. The highest BCUT2D eigenvalue weighted by Crippen LogP contribution is 2.38. The van der Waals surface area contributed by atoms with Crippen molar-refractivity contribution in [3.8, 4) is 0 Å². The van der Waals surface area contributed by atoms with Gasteiger partial charge in [0.15, 0.2) is 5.82 Å². The van der Waals surface area contributed by atoms with Crippen molar-refractivity contribution < 1.29 is 0 Å². The Morgan fingerprint density at radius 3 is 2.57 bits per heavy atom. The molecule has 0 saturated heterocycles. The van der Waals surface area contributed by atoms with Crippen molar-refractivity contribution >= 4 is 55.5 Å². The molecule has 1 aliphatic rings. The van der Waals surface area contributed by atoms with Crippen molar-refractivity contribution in [1.82, 2.24) is 9.97 Å². The first kappa shape index (κ1) is 19.5. The molecule has 1 N–H and O–H groups in total. The lowest BCUT2D eigenvalue weighted by Gasteiger charge is -2.13. The van der Waals surface area contributed by atoms with Gasteiger partial charge in [0, 0.05) is 15.9 Å². The number of halogens is 1. The number of benzene rings is 2. The molecule has 3 nitrogen and oxygen atoms in total. The highest BCUT2D eigenvalue weighted by Gasteiger charge is 2.20. The summed E-state index contributed by atoms with van der Waals surface area (Å²) in [6.07, 6.45) is 8.90. The van der Waals surface area contributed by atoms with Crippen molar-refractivity contribution in [2.24, 2.45) is 0 Å². The van der Waals surface area contributed by atoms with Gasteiger partial charge in [0.1, 0.15) is 10.6 Å². The van der Waals surface area contributed by atoms with Gasteiger partial charge in [-0.05, 0) is 60.6 Å². The number of nitrogens with zero attached hydrogens (tertiary/aromatic N) is 2. The molecule has 2 heterocycles. The lowest BCUT2D eigenvalue weighted by atomic mass is 9.97. The van der Waals surface area contributed by atoms with Gasteiger partial charge in [0.2, 0.25) is 0 Å². The first-order chi connectivity index (χ1) is 14.8. The fourth-order valence-electron chi connectivity index (χ4n) is 3.90. The minimum absolute atomic E-state index is 0.750. The van der Waals surface area contributed by atoms with Crippen LogP contribution in [0.15, 0.2) is 59.1 Å². The van der Waals surface area contributed by atoms with E-state index in [4.69, 9.17) is 9.97 Å². The van der Waals surface area contributed by atoms with Crippen LogP contribution in [0.4, 0.5) is 5.82 Å². The molecule has 1 aliphatic carbocycles. The Bertz CT molecular complexity index is 1200. The van der Waals surface area contributed by atoms with Crippen molar-refractivity contribution in [3.63, 3.8) is 0 Å². The van der Waals surface area contributed by atoms with Gasteiger partial charge in [0.25, 0.3) is 0 Å². The Morgan fingerprint density at radius 2 is 1.73 bits per heavy atom. The molecule has 0 bridgehead atoms. The van der Waals surface area contributed by atoms with Gasteiger partial charge in [-0.3, -0.25) is 0 Å². The molecule has 4 aromatic rings. The predicted octanol–water partition coefficient (Wildman–Crippen LogP) is 7.12. The number of nitrogens with one attached hydrogen (secondary N) is 1. The molecule has 5 heteroatoms. The Hall–Kier alpha value is -2.50. The molecule has 0 radical (unpaired) electrons. The van der Waals surface area contributed by atoms with Gasteiger partial charge in [-0.2, -0.15) is 0 Å². The zero-order valence-corrected chi connectivity index (χ0v) is 19.0. The van der Waals surface area contributed by atoms with E-state index in [9.17, 15) is 0 Å². The minimum atomic E-state index is 0.750. The Balaban J connectivity index is 1.52. The summed E-state index contributed by atoms with van der Waals surface area (Å²) in [6, 6.07) is 18.7. The summed E-state index contributed by atoms with van der Waals surface area (Å²) >= 11 is 5.33. The number of hydrogen-bond acceptors (Lipinski definition) is 4. The second kappa shape index (κ2) is 8.70. The van der Waals surface area contributed by atoms with Crippen molar-refractivity contribution in [1.29, 1.82) is 0 Å². The van der Waals surface area contributed by atoms with Crippen LogP contribution in [0, 0.1) is 0 Å². The summed E-state index contributed by atoms with van der Waals surface area (Å²) in [5.41, 5.74) is 3.84. The standard InChI is InChI=1S/C25H22BrN3S/c26-19-13-10-17(11-14-19)12-15-22-28-24(27-16-18-6-2-1-3-7-18)23-20-8-4-5-9-21(20)30-25(23)29-22/h1-3,6-7,10-15H,4-5,8-9,16H2,(H,27,28,29). The summed E-state index contributed by atoms with van der Waals surface area (Å²) < 4.78 is 1.08. The average molecular weight is 476 g/mol. The van der Waals surface area contributed by atoms with Crippen molar-refractivity contribution in [2.45, 2.75) is 32.2 Å². The normalized spacial score (nSPS) is 13.6. The van der Waals surface area contributed by atoms with Crippen LogP contribution in [0.1, 0.15) is 40.2 Å². The van der Waals surface area contributed by atoms with E-state index in [2.05, 4.69) is 63.7 Å². The lowest BCUT2D eigenvalue weighted by Crippen LogP contribution is -2.05. The maximum atomic E-state index is 4.92. The molecule has 2 aromatic heterocycles. The molecule has 0 aliphatic heterocycles. The van der Waals surface area contributed by atoms with Crippen molar-refractivity contribution in [2.75, 3.05) is 5.32 Å². The van der Waals surface area contributed by atoms with Crippen LogP contribution in [0.2, 0.25) is 0 Å². The number of hydrogen-bond donors (Lipinski definition) is 1. The van der Waals surface area contributed by atoms with E-state index in [1.165, 1.54) is 40.7 Å². The van der Waals surface area contributed by atoms with E-state index >= 15 is 0 Å². The highest BCUT2D eigenvalue weighted by molar-refractivity contribution is 9.10. The van der Waals surface area contributed by atoms with Gasteiger partial charge >= 0.3 is 0 Å².